The average molecular weight is 257 g/mol. The van der Waals surface area contributed by atoms with Crippen LogP contribution in [0.25, 0.3) is 5.82 Å². The largest absolute Gasteiger partial charge is 0.433 e. The summed E-state index contributed by atoms with van der Waals surface area (Å²) < 4.78 is 39.3. The molecule has 18 heavy (non-hydrogen) atoms. The van der Waals surface area contributed by atoms with E-state index in [1.54, 1.807) is 13.0 Å². The van der Waals surface area contributed by atoms with E-state index in [0.29, 0.717) is 6.54 Å². The van der Waals surface area contributed by atoms with E-state index in [4.69, 9.17) is 0 Å². The molecule has 2 heterocycles. The molecule has 0 bridgehead atoms. The highest BCUT2D eigenvalue weighted by Crippen LogP contribution is 2.29. The van der Waals surface area contributed by atoms with Gasteiger partial charge in [-0.15, -0.1) is 0 Å². The Labute approximate surface area is 101 Å². The molecular weight excluding hydrogens is 247 g/mol. The monoisotopic (exact) mass is 257 g/mol. The third kappa shape index (κ3) is 2.58. The predicted octanol–water partition coefficient (Wildman–Crippen LogP) is 2.11. The van der Waals surface area contributed by atoms with Crippen LogP contribution in [0.4, 0.5) is 19.1 Å². The molecule has 2 rings (SSSR count). The first kappa shape index (κ1) is 12.3. The van der Waals surface area contributed by atoms with Crippen molar-refractivity contribution in [2.75, 3.05) is 11.9 Å². The van der Waals surface area contributed by atoms with Gasteiger partial charge in [-0.2, -0.15) is 23.3 Å². The van der Waals surface area contributed by atoms with Crippen molar-refractivity contribution in [1.82, 2.24) is 19.7 Å². The molecule has 0 atom stereocenters. The molecule has 0 aliphatic heterocycles. The summed E-state index contributed by atoms with van der Waals surface area (Å²) >= 11 is 0. The highest BCUT2D eigenvalue weighted by molar-refractivity contribution is 5.35. The minimum atomic E-state index is -4.52. The SMILES string of the molecule is CCNc1nc(-n2cccn2)cc(C(F)(F)F)n1. The van der Waals surface area contributed by atoms with Gasteiger partial charge in [-0.3, -0.25) is 0 Å². The van der Waals surface area contributed by atoms with Crippen molar-refractivity contribution in [3.05, 3.63) is 30.2 Å². The van der Waals surface area contributed by atoms with Gasteiger partial charge >= 0.3 is 6.18 Å². The first-order chi connectivity index (χ1) is 8.50. The van der Waals surface area contributed by atoms with Gasteiger partial charge in [0.25, 0.3) is 0 Å². The molecule has 96 valence electrons. The third-order valence-corrected chi connectivity index (χ3v) is 2.08. The topological polar surface area (TPSA) is 55.6 Å². The minimum absolute atomic E-state index is 0.0678. The van der Waals surface area contributed by atoms with Crippen LogP contribution in [-0.4, -0.2) is 26.3 Å². The first-order valence-electron chi connectivity index (χ1n) is 5.21. The van der Waals surface area contributed by atoms with Crippen LogP contribution in [0.1, 0.15) is 12.6 Å². The van der Waals surface area contributed by atoms with Crippen LogP contribution in [0.2, 0.25) is 0 Å². The maximum absolute atomic E-state index is 12.7. The minimum Gasteiger partial charge on any atom is -0.354 e. The number of halogens is 3. The molecule has 8 heteroatoms. The van der Waals surface area contributed by atoms with Crippen molar-refractivity contribution < 1.29 is 13.2 Å². The summed E-state index contributed by atoms with van der Waals surface area (Å²) in [6.45, 7) is 2.18. The van der Waals surface area contributed by atoms with Gasteiger partial charge in [0.2, 0.25) is 5.95 Å². The number of hydrogen-bond acceptors (Lipinski definition) is 4. The maximum Gasteiger partial charge on any atom is 0.433 e. The Balaban J connectivity index is 2.50. The molecule has 0 fully saturated rings. The fourth-order valence-corrected chi connectivity index (χ4v) is 1.34. The summed E-state index contributed by atoms with van der Waals surface area (Å²) in [6, 6.07) is 2.45. The van der Waals surface area contributed by atoms with Crippen LogP contribution in [0, 0.1) is 0 Å². The van der Waals surface area contributed by atoms with E-state index in [2.05, 4.69) is 20.4 Å². The average Bonchev–Trinajstić information content (AvgIpc) is 2.81. The second-order valence-corrected chi connectivity index (χ2v) is 3.41. The lowest BCUT2D eigenvalue weighted by atomic mass is 10.4. The zero-order chi connectivity index (χ0) is 13.2. The van der Waals surface area contributed by atoms with Gasteiger partial charge in [0, 0.05) is 25.0 Å². The Morgan fingerprint density at radius 2 is 2.11 bits per heavy atom. The summed E-state index contributed by atoms with van der Waals surface area (Å²) in [7, 11) is 0. The molecule has 0 unspecified atom stereocenters. The van der Waals surface area contributed by atoms with Crippen molar-refractivity contribution in [3.8, 4) is 5.82 Å². The van der Waals surface area contributed by atoms with E-state index in [0.717, 1.165) is 6.07 Å². The van der Waals surface area contributed by atoms with Crippen LogP contribution in [0.3, 0.4) is 0 Å². The number of hydrogen-bond donors (Lipinski definition) is 1. The molecule has 2 aromatic rings. The molecular formula is C10H10F3N5. The van der Waals surface area contributed by atoms with Crippen LogP contribution in [0.15, 0.2) is 24.5 Å². The second-order valence-electron chi connectivity index (χ2n) is 3.41. The molecule has 2 aromatic heterocycles. The highest BCUT2D eigenvalue weighted by Gasteiger charge is 2.33. The molecule has 5 nitrogen and oxygen atoms in total. The number of alkyl halides is 3. The van der Waals surface area contributed by atoms with Crippen LogP contribution >= 0.6 is 0 Å². The van der Waals surface area contributed by atoms with Gasteiger partial charge in [-0.25, -0.2) is 9.67 Å². The first-order valence-corrected chi connectivity index (χ1v) is 5.21. The van der Waals surface area contributed by atoms with Gasteiger partial charge in [0.1, 0.15) is 0 Å². The van der Waals surface area contributed by atoms with Crippen molar-refractivity contribution in [3.63, 3.8) is 0 Å². The number of aromatic nitrogens is 4. The summed E-state index contributed by atoms with van der Waals surface area (Å²) in [6.07, 6.45) is -1.55. The quantitative estimate of drug-likeness (QED) is 0.915. The fourth-order valence-electron chi connectivity index (χ4n) is 1.34. The van der Waals surface area contributed by atoms with Crippen LogP contribution in [0.5, 0.6) is 0 Å². The van der Waals surface area contributed by atoms with E-state index in [9.17, 15) is 13.2 Å². The molecule has 0 aromatic carbocycles. The van der Waals surface area contributed by atoms with Gasteiger partial charge in [0.15, 0.2) is 11.5 Å². The molecule has 1 N–H and O–H groups in total. The zero-order valence-electron chi connectivity index (χ0n) is 9.44. The van der Waals surface area contributed by atoms with Gasteiger partial charge in [-0.1, -0.05) is 0 Å². The van der Waals surface area contributed by atoms with Gasteiger partial charge < -0.3 is 5.32 Å². The fraction of sp³-hybridized carbons (Fsp3) is 0.300. The zero-order valence-corrected chi connectivity index (χ0v) is 9.44. The molecule has 0 aliphatic carbocycles. The smallest absolute Gasteiger partial charge is 0.354 e. The third-order valence-electron chi connectivity index (χ3n) is 2.08. The summed E-state index contributed by atoms with van der Waals surface area (Å²) in [5, 5.41) is 6.50. The molecule has 0 aliphatic rings. The Morgan fingerprint density at radius 1 is 1.33 bits per heavy atom. The highest BCUT2D eigenvalue weighted by atomic mass is 19.4. The normalized spacial score (nSPS) is 11.6. The number of rotatable bonds is 3. The van der Waals surface area contributed by atoms with Crippen LogP contribution in [-0.2, 0) is 6.18 Å². The molecule has 0 saturated heterocycles. The Morgan fingerprint density at radius 3 is 2.67 bits per heavy atom. The predicted molar refractivity (Wildman–Crippen MR) is 58.3 cm³/mol. The van der Waals surface area contributed by atoms with E-state index >= 15 is 0 Å². The number of anilines is 1. The van der Waals surface area contributed by atoms with Crippen molar-refractivity contribution in [2.45, 2.75) is 13.1 Å². The Kier molecular flexibility index (Phi) is 3.17. The number of nitrogens with zero attached hydrogens (tertiary/aromatic N) is 4. The van der Waals surface area contributed by atoms with E-state index < -0.39 is 11.9 Å². The lowest BCUT2D eigenvalue weighted by molar-refractivity contribution is -0.141. The van der Waals surface area contributed by atoms with E-state index in [1.165, 1.54) is 17.1 Å². The lowest BCUT2D eigenvalue weighted by Gasteiger charge is -2.10. The lowest BCUT2D eigenvalue weighted by Crippen LogP contribution is -2.14. The molecule has 0 saturated carbocycles. The van der Waals surface area contributed by atoms with Gasteiger partial charge in [0.05, 0.1) is 0 Å². The van der Waals surface area contributed by atoms with Gasteiger partial charge in [-0.05, 0) is 13.0 Å². The van der Waals surface area contributed by atoms with E-state index in [1.807, 2.05) is 0 Å². The maximum atomic E-state index is 12.7. The number of nitrogens with one attached hydrogen (secondary N) is 1. The Hall–Kier alpha value is -2.12. The second kappa shape index (κ2) is 4.63. The molecule has 0 spiro atoms. The molecule has 0 radical (unpaired) electrons. The van der Waals surface area contributed by atoms with Crippen molar-refractivity contribution in [1.29, 1.82) is 0 Å². The Bertz CT molecular complexity index is 521. The molecule has 0 amide bonds. The summed E-state index contributed by atoms with van der Waals surface area (Å²) in [4.78, 5) is 7.37. The summed E-state index contributed by atoms with van der Waals surface area (Å²) in [5.74, 6) is -0.00361. The van der Waals surface area contributed by atoms with Crippen molar-refractivity contribution in [2.24, 2.45) is 0 Å². The van der Waals surface area contributed by atoms with E-state index in [-0.39, 0.29) is 11.8 Å². The van der Waals surface area contributed by atoms with Crippen LogP contribution < -0.4 is 5.32 Å². The standard InChI is InChI=1S/C10H10F3N5/c1-2-14-9-16-7(10(11,12)13)6-8(17-9)18-5-3-4-15-18/h3-6H,2H2,1H3,(H,14,16,17). The summed E-state index contributed by atoms with van der Waals surface area (Å²) in [5.41, 5.74) is -1.00. The van der Waals surface area contributed by atoms with Crippen molar-refractivity contribution >= 4 is 5.95 Å².